The fourth-order valence-electron chi connectivity index (χ4n) is 3.44. The van der Waals surface area contributed by atoms with Crippen molar-refractivity contribution >= 4 is 17.5 Å². The van der Waals surface area contributed by atoms with E-state index in [0.717, 1.165) is 0 Å². The molecule has 2 aromatic rings. The molecular weight excluding hydrogens is 365 g/mol. The Morgan fingerprint density at radius 2 is 1.82 bits per heavy atom. The van der Waals surface area contributed by atoms with Gasteiger partial charge in [-0.05, 0) is 24.3 Å². The van der Waals surface area contributed by atoms with Gasteiger partial charge in [-0.1, -0.05) is 12.1 Å². The molecule has 0 atom stereocenters. The van der Waals surface area contributed by atoms with Crippen LogP contribution in [-0.4, -0.2) is 53.8 Å². The number of rotatable bonds is 3. The van der Waals surface area contributed by atoms with Crippen molar-refractivity contribution in [2.45, 2.75) is 18.6 Å². The Bertz CT molecular complexity index is 889. The van der Waals surface area contributed by atoms with Gasteiger partial charge in [0.15, 0.2) is 5.79 Å². The summed E-state index contributed by atoms with van der Waals surface area (Å²) < 4.78 is 25.1. The molecule has 2 amide bonds. The van der Waals surface area contributed by atoms with Crippen molar-refractivity contribution in [1.29, 1.82) is 0 Å². The molecule has 2 aliphatic rings. The number of hydrogen-bond donors (Lipinski definition) is 1. The van der Waals surface area contributed by atoms with E-state index < -0.39 is 17.5 Å². The van der Waals surface area contributed by atoms with Crippen molar-refractivity contribution in [3.05, 3.63) is 59.7 Å². The van der Waals surface area contributed by atoms with Crippen LogP contribution in [0.1, 0.15) is 33.7 Å². The van der Waals surface area contributed by atoms with E-state index in [2.05, 4.69) is 10.3 Å². The number of piperidine rings is 1. The third kappa shape index (κ3) is 3.74. The summed E-state index contributed by atoms with van der Waals surface area (Å²) >= 11 is 0. The first-order chi connectivity index (χ1) is 13.6. The van der Waals surface area contributed by atoms with E-state index in [9.17, 15) is 14.0 Å². The molecule has 8 heteroatoms. The Labute approximate surface area is 161 Å². The largest absolute Gasteiger partial charge is 0.347 e. The third-order valence-electron chi connectivity index (χ3n) is 4.99. The Morgan fingerprint density at radius 3 is 2.54 bits per heavy atom. The molecule has 0 aliphatic carbocycles. The number of anilines is 1. The fraction of sp³-hybridized carbons (Fsp3) is 0.350. The Hall–Kier alpha value is -2.84. The van der Waals surface area contributed by atoms with E-state index in [0.29, 0.717) is 39.1 Å². The summed E-state index contributed by atoms with van der Waals surface area (Å²) in [5, 5.41) is 2.51. The molecule has 4 rings (SSSR count). The first-order valence-electron chi connectivity index (χ1n) is 9.15. The summed E-state index contributed by atoms with van der Waals surface area (Å²) in [6, 6.07) is 8.80. The smallest absolute Gasteiger partial charge is 0.272 e. The number of hydrogen-bond acceptors (Lipinski definition) is 5. The van der Waals surface area contributed by atoms with E-state index in [1.54, 1.807) is 17.0 Å². The highest BCUT2D eigenvalue weighted by Gasteiger charge is 2.41. The lowest BCUT2D eigenvalue weighted by molar-refractivity contribution is -0.181. The van der Waals surface area contributed by atoms with E-state index >= 15 is 0 Å². The van der Waals surface area contributed by atoms with Gasteiger partial charge < -0.3 is 19.7 Å². The summed E-state index contributed by atoms with van der Waals surface area (Å²) in [7, 11) is 0. The molecule has 0 radical (unpaired) electrons. The summed E-state index contributed by atoms with van der Waals surface area (Å²) in [6.45, 7) is 2.14. The summed E-state index contributed by atoms with van der Waals surface area (Å²) in [5.41, 5.74) is 0.484. The highest BCUT2D eigenvalue weighted by atomic mass is 19.1. The molecule has 0 unspecified atom stereocenters. The Balaban J connectivity index is 1.44. The molecule has 1 aromatic heterocycles. The normalized spacial score (nSPS) is 18.2. The minimum Gasteiger partial charge on any atom is -0.347 e. The minimum atomic E-state index is -0.564. The number of carbonyl (C=O) groups is 2. The average Bonchev–Trinajstić information content (AvgIpc) is 3.18. The van der Waals surface area contributed by atoms with E-state index in [1.165, 1.54) is 30.5 Å². The number of carbonyl (C=O) groups excluding carboxylic acids is 2. The molecule has 28 heavy (non-hydrogen) atoms. The molecular formula is C20H20FN3O4. The van der Waals surface area contributed by atoms with Crippen molar-refractivity contribution in [3.8, 4) is 0 Å². The minimum absolute atomic E-state index is 0.0788. The number of ether oxygens (including phenoxy) is 2. The number of pyridine rings is 1. The molecule has 3 heterocycles. The maximum absolute atomic E-state index is 13.7. The van der Waals surface area contributed by atoms with Gasteiger partial charge in [0.25, 0.3) is 11.8 Å². The predicted octanol–water partition coefficient (Wildman–Crippen LogP) is 2.45. The number of aromatic nitrogens is 1. The maximum Gasteiger partial charge on any atom is 0.272 e. The van der Waals surface area contributed by atoms with Gasteiger partial charge in [0, 0.05) is 37.7 Å². The molecule has 7 nitrogen and oxygen atoms in total. The van der Waals surface area contributed by atoms with Crippen LogP contribution < -0.4 is 5.32 Å². The molecule has 2 fully saturated rings. The lowest BCUT2D eigenvalue weighted by Crippen LogP contribution is -2.47. The number of likely N-dealkylation sites (tertiary alicyclic amines) is 1. The lowest BCUT2D eigenvalue weighted by atomic mass is 10.0. The van der Waals surface area contributed by atoms with E-state index in [-0.39, 0.29) is 22.9 Å². The van der Waals surface area contributed by atoms with Crippen LogP contribution in [0.25, 0.3) is 0 Å². The average molecular weight is 385 g/mol. The Kier molecular flexibility index (Phi) is 5.06. The number of para-hydroxylation sites is 1. The monoisotopic (exact) mass is 385 g/mol. The fourth-order valence-corrected chi connectivity index (χ4v) is 3.44. The second kappa shape index (κ2) is 7.65. The van der Waals surface area contributed by atoms with Gasteiger partial charge in [-0.2, -0.15) is 0 Å². The van der Waals surface area contributed by atoms with Crippen LogP contribution in [0.2, 0.25) is 0 Å². The van der Waals surface area contributed by atoms with Gasteiger partial charge >= 0.3 is 0 Å². The molecule has 1 aromatic carbocycles. The highest BCUT2D eigenvalue weighted by Crippen LogP contribution is 2.31. The number of nitrogens with one attached hydrogen (secondary N) is 1. The van der Waals surface area contributed by atoms with Gasteiger partial charge in [-0.3, -0.25) is 14.6 Å². The lowest BCUT2D eigenvalue weighted by Gasteiger charge is -2.37. The zero-order chi connectivity index (χ0) is 19.6. The van der Waals surface area contributed by atoms with Crippen LogP contribution in [0, 0.1) is 5.82 Å². The quantitative estimate of drug-likeness (QED) is 0.878. The second-order valence-electron chi connectivity index (χ2n) is 6.76. The highest BCUT2D eigenvalue weighted by molar-refractivity contribution is 6.05. The summed E-state index contributed by atoms with van der Waals surface area (Å²) in [6.07, 6.45) is 2.61. The van der Waals surface area contributed by atoms with Crippen LogP contribution in [0.3, 0.4) is 0 Å². The van der Waals surface area contributed by atoms with E-state index in [1.807, 2.05) is 0 Å². The van der Waals surface area contributed by atoms with Crippen LogP contribution in [0.5, 0.6) is 0 Å². The van der Waals surface area contributed by atoms with Crippen molar-refractivity contribution < 1.29 is 23.5 Å². The van der Waals surface area contributed by atoms with Crippen LogP contribution in [0.15, 0.2) is 42.6 Å². The second-order valence-corrected chi connectivity index (χ2v) is 6.76. The molecule has 0 bridgehead atoms. The van der Waals surface area contributed by atoms with Gasteiger partial charge in [-0.25, -0.2) is 4.39 Å². The molecule has 146 valence electrons. The molecule has 2 aliphatic heterocycles. The zero-order valence-electron chi connectivity index (χ0n) is 15.2. The molecule has 2 saturated heterocycles. The third-order valence-corrected chi connectivity index (χ3v) is 4.99. The van der Waals surface area contributed by atoms with Crippen molar-refractivity contribution in [1.82, 2.24) is 9.88 Å². The van der Waals surface area contributed by atoms with Crippen molar-refractivity contribution in [3.63, 3.8) is 0 Å². The van der Waals surface area contributed by atoms with E-state index in [4.69, 9.17) is 9.47 Å². The van der Waals surface area contributed by atoms with Crippen LogP contribution in [-0.2, 0) is 9.47 Å². The first-order valence-corrected chi connectivity index (χ1v) is 9.15. The van der Waals surface area contributed by atoms with Gasteiger partial charge in [0.05, 0.1) is 18.9 Å². The van der Waals surface area contributed by atoms with Gasteiger partial charge in [-0.15, -0.1) is 0 Å². The maximum atomic E-state index is 13.7. The van der Waals surface area contributed by atoms with Crippen molar-refractivity contribution in [2.75, 3.05) is 31.6 Å². The van der Waals surface area contributed by atoms with Crippen LogP contribution >= 0.6 is 0 Å². The predicted molar refractivity (Wildman–Crippen MR) is 98.4 cm³/mol. The molecule has 1 N–H and O–H groups in total. The summed E-state index contributed by atoms with van der Waals surface area (Å²) in [4.78, 5) is 31.0. The summed E-state index contributed by atoms with van der Waals surface area (Å²) in [5.74, 6) is -1.86. The number of nitrogens with zero attached hydrogens (tertiary/aromatic N) is 2. The van der Waals surface area contributed by atoms with Crippen LogP contribution in [0.4, 0.5) is 10.1 Å². The van der Waals surface area contributed by atoms with Crippen molar-refractivity contribution in [2.24, 2.45) is 0 Å². The number of halogens is 1. The Morgan fingerprint density at radius 1 is 1.11 bits per heavy atom. The molecule has 0 saturated carbocycles. The number of amides is 2. The topological polar surface area (TPSA) is 80.8 Å². The SMILES string of the molecule is O=C(Nc1ccccc1F)c1ccnc(C(=O)N2CCC3(CC2)OCCO3)c1. The zero-order valence-corrected chi connectivity index (χ0v) is 15.2. The van der Waals surface area contributed by atoms with Gasteiger partial charge in [0.2, 0.25) is 0 Å². The number of benzene rings is 1. The van der Waals surface area contributed by atoms with Gasteiger partial charge in [0.1, 0.15) is 11.5 Å². The first kappa shape index (κ1) is 18.5. The standard InChI is InChI=1S/C20H20FN3O4/c21-15-3-1-2-4-16(15)23-18(25)14-5-8-22-17(13-14)19(26)24-9-6-20(7-10-24)27-11-12-28-20/h1-5,8,13H,6-7,9-12H2,(H,23,25). The molecule has 1 spiro atoms.